The summed E-state index contributed by atoms with van der Waals surface area (Å²) in [6.07, 6.45) is 0. The normalized spacial score (nSPS) is 11.0. The number of hydrogen-bond donors (Lipinski definition) is 0. The van der Waals surface area contributed by atoms with Crippen LogP contribution in [0.5, 0.6) is 5.75 Å². The van der Waals surface area contributed by atoms with Gasteiger partial charge < -0.3 is 9.15 Å². The Balaban J connectivity index is 1.91. The van der Waals surface area contributed by atoms with Crippen molar-refractivity contribution in [1.29, 1.82) is 0 Å². The summed E-state index contributed by atoms with van der Waals surface area (Å²) >= 11 is 0. The molecule has 0 aliphatic heterocycles. The van der Waals surface area contributed by atoms with Gasteiger partial charge in [-0.25, -0.2) is 0 Å². The minimum Gasteiger partial charge on any atom is -0.481 e. The molecule has 3 nitrogen and oxygen atoms in total. The van der Waals surface area contributed by atoms with E-state index in [0.717, 1.165) is 27.8 Å². The Kier molecular flexibility index (Phi) is 4.74. The monoisotopic (exact) mass is 370 g/mol. The number of rotatable bonds is 4. The molecule has 3 aromatic carbocycles. The van der Waals surface area contributed by atoms with Crippen molar-refractivity contribution in [3.05, 3.63) is 99.2 Å². The second-order valence-electron chi connectivity index (χ2n) is 7.19. The predicted octanol–water partition coefficient (Wildman–Crippen LogP) is 5.96. The molecule has 0 unspecified atom stereocenters. The van der Waals surface area contributed by atoms with Crippen molar-refractivity contribution in [2.24, 2.45) is 0 Å². The van der Waals surface area contributed by atoms with Crippen LogP contribution in [0.25, 0.3) is 22.3 Å². The average Bonchev–Trinajstić information content (AvgIpc) is 2.69. The fourth-order valence-corrected chi connectivity index (χ4v) is 3.39. The van der Waals surface area contributed by atoms with Crippen LogP contribution in [0.4, 0.5) is 0 Å². The molecule has 0 amide bonds. The first-order valence-electron chi connectivity index (χ1n) is 9.35. The quantitative estimate of drug-likeness (QED) is 0.445. The lowest BCUT2D eigenvalue weighted by Gasteiger charge is -2.13. The average molecular weight is 370 g/mol. The molecule has 0 atom stereocenters. The zero-order valence-corrected chi connectivity index (χ0v) is 16.3. The molecule has 0 aliphatic rings. The molecule has 28 heavy (non-hydrogen) atoms. The smallest absolute Gasteiger partial charge is 0.235 e. The van der Waals surface area contributed by atoms with E-state index < -0.39 is 0 Å². The van der Waals surface area contributed by atoms with Crippen LogP contribution >= 0.6 is 0 Å². The van der Waals surface area contributed by atoms with Crippen molar-refractivity contribution in [1.82, 2.24) is 0 Å². The van der Waals surface area contributed by atoms with E-state index >= 15 is 0 Å². The highest BCUT2D eigenvalue weighted by Gasteiger charge is 2.19. The molecule has 0 fully saturated rings. The molecule has 0 spiro atoms. The summed E-state index contributed by atoms with van der Waals surface area (Å²) in [4.78, 5) is 13.3. The molecule has 4 rings (SSSR count). The molecule has 4 aromatic rings. The predicted molar refractivity (Wildman–Crippen MR) is 113 cm³/mol. The van der Waals surface area contributed by atoms with Gasteiger partial charge in [-0.05, 0) is 43.5 Å². The molecule has 0 radical (unpaired) electrons. The second-order valence-corrected chi connectivity index (χ2v) is 7.19. The number of hydrogen-bond acceptors (Lipinski definition) is 3. The second kappa shape index (κ2) is 7.35. The molecular formula is C25H22O3. The minimum absolute atomic E-state index is 0.139. The van der Waals surface area contributed by atoms with E-state index in [0.29, 0.717) is 23.3 Å². The highest BCUT2D eigenvalue weighted by molar-refractivity contribution is 5.85. The highest BCUT2D eigenvalue weighted by Crippen LogP contribution is 2.33. The van der Waals surface area contributed by atoms with Crippen molar-refractivity contribution >= 4 is 11.0 Å². The number of fused-ring (bicyclic) bond motifs is 1. The first-order chi connectivity index (χ1) is 13.5. The van der Waals surface area contributed by atoms with Gasteiger partial charge in [0.25, 0.3) is 0 Å². The molecule has 0 bridgehead atoms. The van der Waals surface area contributed by atoms with Crippen LogP contribution < -0.4 is 10.2 Å². The summed E-state index contributed by atoms with van der Waals surface area (Å²) in [5.74, 6) is 0.727. The Hall–Kier alpha value is -3.33. The van der Waals surface area contributed by atoms with Crippen LogP contribution in [0, 0.1) is 20.8 Å². The summed E-state index contributed by atoms with van der Waals surface area (Å²) in [7, 11) is 0. The van der Waals surface area contributed by atoms with E-state index in [9.17, 15) is 4.79 Å². The lowest BCUT2D eigenvalue weighted by atomic mass is 10.0. The van der Waals surface area contributed by atoms with Crippen LogP contribution in [-0.4, -0.2) is 0 Å². The van der Waals surface area contributed by atoms with Crippen molar-refractivity contribution in [3.63, 3.8) is 0 Å². The molecule has 0 aliphatic carbocycles. The summed E-state index contributed by atoms with van der Waals surface area (Å²) in [6, 6.07) is 21.6. The minimum atomic E-state index is -0.139. The molecule has 1 aromatic heterocycles. The van der Waals surface area contributed by atoms with Gasteiger partial charge in [0.15, 0.2) is 5.76 Å². The Morgan fingerprint density at radius 1 is 0.857 bits per heavy atom. The van der Waals surface area contributed by atoms with Crippen LogP contribution in [0.3, 0.4) is 0 Å². The number of benzene rings is 3. The maximum absolute atomic E-state index is 13.3. The van der Waals surface area contributed by atoms with Crippen molar-refractivity contribution in [3.8, 4) is 17.1 Å². The maximum Gasteiger partial charge on any atom is 0.235 e. The van der Waals surface area contributed by atoms with Gasteiger partial charge in [0.2, 0.25) is 11.2 Å². The summed E-state index contributed by atoms with van der Waals surface area (Å²) in [5, 5.41) is 0.552. The Morgan fingerprint density at radius 2 is 1.57 bits per heavy atom. The van der Waals surface area contributed by atoms with E-state index in [4.69, 9.17) is 9.15 Å². The maximum atomic E-state index is 13.3. The van der Waals surface area contributed by atoms with Gasteiger partial charge in [-0.1, -0.05) is 66.2 Å². The third kappa shape index (κ3) is 3.44. The zero-order chi connectivity index (χ0) is 19.7. The van der Waals surface area contributed by atoms with Crippen molar-refractivity contribution < 1.29 is 9.15 Å². The van der Waals surface area contributed by atoms with Crippen LogP contribution in [-0.2, 0) is 6.61 Å². The van der Waals surface area contributed by atoms with E-state index in [2.05, 4.69) is 0 Å². The highest BCUT2D eigenvalue weighted by atomic mass is 16.5. The molecule has 1 heterocycles. The van der Waals surface area contributed by atoms with Gasteiger partial charge in [-0.2, -0.15) is 0 Å². The van der Waals surface area contributed by atoms with Gasteiger partial charge >= 0.3 is 0 Å². The Labute approximate surface area is 164 Å². The molecule has 0 N–H and O–H groups in total. The fourth-order valence-electron chi connectivity index (χ4n) is 3.39. The Bertz CT molecular complexity index is 1190. The Morgan fingerprint density at radius 3 is 2.29 bits per heavy atom. The summed E-state index contributed by atoms with van der Waals surface area (Å²) < 4.78 is 12.3. The summed E-state index contributed by atoms with van der Waals surface area (Å²) in [5.41, 5.74) is 5.40. The van der Waals surface area contributed by atoms with Gasteiger partial charge in [0.1, 0.15) is 12.2 Å². The first kappa shape index (κ1) is 18.1. The van der Waals surface area contributed by atoms with Crippen molar-refractivity contribution in [2.75, 3.05) is 0 Å². The van der Waals surface area contributed by atoms with Crippen LogP contribution in [0.1, 0.15) is 22.3 Å². The molecular weight excluding hydrogens is 348 g/mol. The van der Waals surface area contributed by atoms with E-state index in [1.165, 1.54) is 0 Å². The van der Waals surface area contributed by atoms with Crippen molar-refractivity contribution in [2.45, 2.75) is 27.4 Å². The number of ether oxygens (including phenoxy) is 1. The fraction of sp³-hybridized carbons (Fsp3) is 0.160. The van der Waals surface area contributed by atoms with E-state index in [-0.39, 0.29) is 11.2 Å². The largest absolute Gasteiger partial charge is 0.481 e. The molecule has 0 saturated heterocycles. The van der Waals surface area contributed by atoms with Crippen LogP contribution in [0.15, 0.2) is 75.9 Å². The molecule has 0 saturated carbocycles. The topological polar surface area (TPSA) is 39.4 Å². The zero-order valence-electron chi connectivity index (χ0n) is 16.3. The van der Waals surface area contributed by atoms with Gasteiger partial charge in [-0.3, -0.25) is 4.79 Å². The molecule has 3 heteroatoms. The van der Waals surface area contributed by atoms with Gasteiger partial charge in [-0.15, -0.1) is 0 Å². The van der Waals surface area contributed by atoms with Gasteiger partial charge in [0.05, 0.1) is 5.39 Å². The number of aryl methyl sites for hydroxylation is 3. The summed E-state index contributed by atoms with van der Waals surface area (Å²) in [6.45, 7) is 6.27. The van der Waals surface area contributed by atoms with Gasteiger partial charge in [0, 0.05) is 5.56 Å². The SMILES string of the molecule is Cc1ccc(-c2oc3c(C)cc(C)cc3c(=O)c2OCc2ccccc2)cc1. The standard InChI is InChI=1S/C25H22O3/c1-16-9-11-20(12-10-16)24-25(27-15-19-7-5-4-6-8-19)22(26)21-14-17(2)13-18(3)23(21)28-24/h4-14H,15H2,1-3H3. The third-order valence-electron chi connectivity index (χ3n) is 4.82. The molecule has 140 valence electrons. The lowest BCUT2D eigenvalue weighted by molar-refractivity contribution is 0.298. The van der Waals surface area contributed by atoms with E-state index in [1.807, 2.05) is 87.5 Å². The van der Waals surface area contributed by atoms with Crippen LogP contribution in [0.2, 0.25) is 0 Å². The lowest BCUT2D eigenvalue weighted by Crippen LogP contribution is -2.11. The van der Waals surface area contributed by atoms with E-state index in [1.54, 1.807) is 0 Å². The third-order valence-corrected chi connectivity index (χ3v) is 4.82. The first-order valence-corrected chi connectivity index (χ1v) is 9.35.